The van der Waals surface area contributed by atoms with Crippen LogP contribution in [0.25, 0.3) is 0 Å². The van der Waals surface area contributed by atoms with E-state index in [4.69, 9.17) is 15.2 Å². The van der Waals surface area contributed by atoms with E-state index >= 15 is 0 Å². The fraction of sp³-hybridized carbons (Fsp3) is 0.552. The first kappa shape index (κ1) is 29.6. The van der Waals surface area contributed by atoms with E-state index in [0.29, 0.717) is 68.2 Å². The zero-order valence-electron chi connectivity index (χ0n) is 23.0. The monoisotopic (exact) mass is 556 g/mol. The number of ether oxygens (including phenoxy) is 2. The number of likely N-dealkylation sites (tertiary alicyclic amines) is 1. The number of carbonyl (C=O) groups excluding carboxylic acids is 1. The van der Waals surface area contributed by atoms with Crippen molar-refractivity contribution >= 4 is 11.9 Å². The molecule has 4 N–H and O–H groups in total. The minimum Gasteiger partial charge on any atom is -0.481 e. The summed E-state index contributed by atoms with van der Waals surface area (Å²) in [5.74, 6) is -1.40. The van der Waals surface area contributed by atoms with Gasteiger partial charge in [-0.05, 0) is 49.6 Å². The Morgan fingerprint density at radius 3 is 2.67 bits per heavy atom. The second-order valence-corrected chi connectivity index (χ2v) is 10.4. The van der Waals surface area contributed by atoms with Gasteiger partial charge in [-0.15, -0.1) is 0 Å². The lowest BCUT2D eigenvalue weighted by atomic mass is 9.83. The predicted octanol–water partition coefficient (Wildman–Crippen LogP) is 1.61. The number of aryl methyl sites for hydroxylation is 1. The minimum atomic E-state index is -0.973. The second-order valence-electron chi connectivity index (χ2n) is 10.4. The maximum Gasteiger partial charge on any atom is 0.308 e. The lowest BCUT2D eigenvalue weighted by Gasteiger charge is -2.30. The van der Waals surface area contributed by atoms with Crippen molar-refractivity contribution in [2.24, 2.45) is 11.7 Å². The third kappa shape index (κ3) is 6.65. The number of unbranched alkanes of at least 4 members (excludes halogenated alkanes) is 1. The van der Waals surface area contributed by atoms with Crippen LogP contribution < -0.4 is 20.8 Å². The fourth-order valence-corrected chi connectivity index (χ4v) is 5.81. The zero-order valence-corrected chi connectivity index (χ0v) is 23.0. The lowest BCUT2D eigenvalue weighted by molar-refractivity contribution is -0.144. The maximum atomic E-state index is 13.5. The smallest absolute Gasteiger partial charge is 0.308 e. The zero-order chi connectivity index (χ0) is 28.6. The molecule has 0 bridgehead atoms. The van der Waals surface area contributed by atoms with Gasteiger partial charge in [-0.25, -0.2) is 0 Å². The van der Waals surface area contributed by atoms with Gasteiger partial charge in [0, 0.05) is 56.0 Å². The fourth-order valence-electron chi connectivity index (χ4n) is 5.81. The summed E-state index contributed by atoms with van der Waals surface area (Å²) in [6.45, 7) is 4.21. The topological polar surface area (TPSA) is 148 Å². The summed E-state index contributed by atoms with van der Waals surface area (Å²) < 4.78 is 12.6. The summed E-state index contributed by atoms with van der Waals surface area (Å²) >= 11 is 0. The summed E-state index contributed by atoms with van der Waals surface area (Å²) in [5.41, 5.74) is 6.79. The molecule has 1 fully saturated rings. The van der Waals surface area contributed by atoms with Crippen LogP contribution in [-0.2, 0) is 22.7 Å². The third-order valence-electron chi connectivity index (χ3n) is 7.87. The highest BCUT2D eigenvalue weighted by Gasteiger charge is 2.47. The third-order valence-corrected chi connectivity index (χ3v) is 7.87. The second kappa shape index (κ2) is 13.8. The van der Waals surface area contributed by atoms with Crippen LogP contribution in [0.5, 0.6) is 11.5 Å². The van der Waals surface area contributed by atoms with Crippen LogP contribution in [0.15, 0.2) is 41.3 Å². The molecule has 11 heteroatoms. The van der Waals surface area contributed by atoms with Crippen molar-refractivity contribution in [2.75, 3.05) is 39.5 Å². The number of nitrogens with zero attached hydrogens (tertiary/aromatic N) is 3. The Kier molecular flexibility index (Phi) is 10.2. The summed E-state index contributed by atoms with van der Waals surface area (Å²) in [5, 5.41) is 20.4. The van der Waals surface area contributed by atoms with E-state index in [1.54, 1.807) is 35.0 Å². The first-order valence-electron chi connectivity index (χ1n) is 14.0. The molecule has 2 aromatic rings. The van der Waals surface area contributed by atoms with Crippen molar-refractivity contribution in [1.29, 1.82) is 0 Å². The number of hydrogen-bond donors (Lipinski definition) is 3. The van der Waals surface area contributed by atoms with E-state index in [0.717, 1.165) is 12.8 Å². The number of aliphatic hydroxyl groups is 1. The first-order chi connectivity index (χ1) is 19.4. The molecule has 1 aromatic carbocycles. The van der Waals surface area contributed by atoms with E-state index in [1.807, 2.05) is 9.80 Å². The molecule has 0 spiro atoms. The number of pyridine rings is 1. The van der Waals surface area contributed by atoms with Gasteiger partial charge in [0.05, 0.1) is 19.1 Å². The van der Waals surface area contributed by atoms with Crippen LogP contribution >= 0.6 is 0 Å². The van der Waals surface area contributed by atoms with Crippen molar-refractivity contribution in [3.8, 4) is 11.5 Å². The number of aromatic nitrogens is 1. The number of aliphatic carboxylic acids is 1. The van der Waals surface area contributed by atoms with Crippen LogP contribution in [0, 0.1) is 5.92 Å². The number of carboxylic acid groups (broad SMARTS) is 1. The lowest BCUT2D eigenvalue weighted by Crippen LogP contribution is -2.45. The van der Waals surface area contributed by atoms with Crippen LogP contribution in [0.2, 0.25) is 0 Å². The van der Waals surface area contributed by atoms with Crippen LogP contribution in [0.4, 0.5) is 0 Å². The molecule has 0 unspecified atom stereocenters. The van der Waals surface area contributed by atoms with Gasteiger partial charge in [0.25, 0.3) is 0 Å². The first-order valence-corrected chi connectivity index (χ1v) is 14.0. The summed E-state index contributed by atoms with van der Waals surface area (Å²) in [4.78, 5) is 42.5. The van der Waals surface area contributed by atoms with Crippen molar-refractivity contribution in [3.05, 3.63) is 58.0 Å². The molecule has 3 heterocycles. The molecule has 2 aliphatic rings. The van der Waals surface area contributed by atoms with Crippen molar-refractivity contribution in [2.45, 2.75) is 57.7 Å². The van der Waals surface area contributed by atoms with Gasteiger partial charge >= 0.3 is 5.97 Å². The Hall–Kier alpha value is -3.41. The average Bonchev–Trinajstić information content (AvgIpc) is 3.57. The highest BCUT2D eigenvalue weighted by molar-refractivity contribution is 5.79. The van der Waals surface area contributed by atoms with Crippen LogP contribution in [-0.4, -0.2) is 82.0 Å². The molecule has 0 saturated carbocycles. The van der Waals surface area contributed by atoms with Gasteiger partial charge in [-0.2, -0.15) is 0 Å². The standard InChI is InChI=1S/C29H40N4O7/c1-2-3-10-31(12-6-9-30)26(36)17-33-16-22(20-14-21(18-34)28-24(15-20)39-19-40-28)27(29(37)38)23(33)8-13-32-11-5-4-7-25(32)35/h4-5,7,11,14-15,22-23,27,34H,2-3,6,8-10,12-13,16-19,30H2,1H3,(H,37,38)/t22-,23+,27-/m1/s1. The van der Waals surface area contributed by atoms with E-state index in [1.165, 1.54) is 6.07 Å². The average molecular weight is 557 g/mol. The molecule has 11 nitrogen and oxygen atoms in total. The molecule has 218 valence electrons. The van der Waals surface area contributed by atoms with Gasteiger partial charge in [0.15, 0.2) is 11.5 Å². The van der Waals surface area contributed by atoms with Gasteiger partial charge in [-0.1, -0.05) is 19.4 Å². The van der Waals surface area contributed by atoms with Crippen LogP contribution in [0.1, 0.15) is 49.7 Å². The number of fused-ring (bicyclic) bond motifs is 1. The van der Waals surface area contributed by atoms with Gasteiger partial charge < -0.3 is 34.9 Å². The Labute approximate surface area is 234 Å². The number of rotatable bonds is 14. The van der Waals surface area contributed by atoms with Gasteiger partial charge in [0.1, 0.15) is 0 Å². The van der Waals surface area contributed by atoms with E-state index in [-0.39, 0.29) is 31.4 Å². The predicted molar refractivity (Wildman–Crippen MR) is 148 cm³/mol. The SMILES string of the molecule is CCCCN(CCCN)C(=O)CN1C[C@H](c2cc(CO)c3c(c2)OCO3)[C@@H](C(=O)O)[C@@H]1CCn1ccccc1=O. The Morgan fingerprint density at radius 2 is 1.98 bits per heavy atom. The highest BCUT2D eigenvalue weighted by atomic mass is 16.7. The molecule has 4 rings (SSSR count). The Morgan fingerprint density at radius 1 is 1.18 bits per heavy atom. The molecule has 0 radical (unpaired) electrons. The number of hydrogen-bond acceptors (Lipinski definition) is 8. The van der Waals surface area contributed by atoms with E-state index < -0.39 is 23.8 Å². The highest BCUT2D eigenvalue weighted by Crippen LogP contribution is 2.44. The number of carboxylic acids is 1. The molecule has 3 atom stereocenters. The Balaban J connectivity index is 1.65. The normalized spacial score (nSPS) is 20.1. The molecule has 1 amide bonds. The minimum absolute atomic E-state index is 0.0320. The largest absolute Gasteiger partial charge is 0.481 e. The van der Waals surface area contributed by atoms with E-state index in [2.05, 4.69) is 6.92 Å². The number of aliphatic hydroxyl groups excluding tert-OH is 1. The molecule has 1 aromatic heterocycles. The molecule has 40 heavy (non-hydrogen) atoms. The Bertz CT molecular complexity index is 1230. The number of carbonyl (C=O) groups is 2. The number of benzene rings is 1. The number of amides is 1. The quantitative estimate of drug-likeness (QED) is 0.316. The van der Waals surface area contributed by atoms with Crippen molar-refractivity contribution < 1.29 is 29.3 Å². The van der Waals surface area contributed by atoms with Gasteiger partial charge in [-0.3, -0.25) is 19.3 Å². The van der Waals surface area contributed by atoms with Gasteiger partial charge in [0.2, 0.25) is 18.3 Å². The van der Waals surface area contributed by atoms with E-state index in [9.17, 15) is 24.6 Å². The summed E-state index contributed by atoms with van der Waals surface area (Å²) in [6, 6.07) is 7.96. The number of nitrogens with two attached hydrogens (primary N) is 1. The van der Waals surface area contributed by atoms with Crippen molar-refractivity contribution in [1.82, 2.24) is 14.4 Å². The molecule has 2 aliphatic heterocycles. The maximum absolute atomic E-state index is 13.5. The molecule has 1 saturated heterocycles. The summed E-state index contributed by atoms with van der Waals surface area (Å²) in [6.07, 6.45) is 4.57. The van der Waals surface area contributed by atoms with Crippen LogP contribution in [0.3, 0.4) is 0 Å². The molecule has 0 aliphatic carbocycles. The summed E-state index contributed by atoms with van der Waals surface area (Å²) in [7, 11) is 0. The van der Waals surface area contributed by atoms with Crippen molar-refractivity contribution in [3.63, 3.8) is 0 Å². The molecular weight excluding hydrogens is 516 g/mol. The molecular formula is C29H40N4O7.